The number of nitrogens with zero attached hydrogens (tertiary/aromatic N) is 4. The standard InChI is InChI=1S/C25H26ClFN4O/c1-17-23(16-19-5-3-6-22(27)15-19)24(29-18(2)28-17)30-11-4-12-31(14-13-30)25(32)20-7-9-21(26)10-8-20/h3,5-10,15H,4,11-14,16H2,1-2H3. The van der Waals surface area contributed by atoms with Gasteiger partial charge in [0.2, 0.25) is 0 Å². The third-order valence-electron chi connectivity index (χ3n) is 5.75. The van der Waals surface area contributed by atoms with E-state index in [-0.39, 0.29) is 11.7 Å². The van der Waals surface area contributed by atoms with Crippen molar-refractivity contribution < 1.29 is 9.18 Å². The molecule has 0 bridgehead atoms. The lowest BCUT2D eigenvalue weighted by Crippen LogP contribution is -2.35. The molecular weight excluding hydrogens is 427 g/mol. The van der Waals surface area contributed by atoms with E-state index in [0.29, 0.717) is 42.5 Å². The molecule has 1 amide bonds. The number of hydrogen-bond acceptors (Lipinski definition) is 4. The van der Waals surface area contributed by atoms with Crippen LogP contribution in [0.1, 0.15) is 39.4 Å². The second-order valence-corrected chi connectivity index (χ2v) is 8.54. The number of aryl methyl sites for hydroxylation is 2. The third-order valence-corrected chi connectivity index (χ3v) is 6.00. The fourth-order valence-corrected chi connectivity index (χ4v) is 4.27. The maximum atomic E-state index is 13.7. The Labute approximate surface area is 192 Å². The normalized spacial score (nSPS) is 14.4. The van der Waals surface area contributed by atoms with Crippen LogP contribution >= 0.6 is 11.6 Å². The summed E-state index contributed by atoms with van der Waals surface area (Å²) in [4.78, 5) is 26.4. The first kappa shape index (κ1) is 22.2. The van der Waals surface area contributed by atoms with Crippen LogP contribution in [0.3, 0.4) is 0 Å². The van der Waals surface area contributed by atoms with E-state index in [2.05, 4.69) is 9.88 Å². The number of rotatable bonds is 4. The molecule has 0 radical (unpaired) electrons. The smallest absolute Gasteiger partial charge is 0.253 e. The molecule has 1 aliphatic rings. The van der Waals surface area contributed by atoms with Gasteiger partial charge in [-0.3, -0.25) is 4.79 Å². The summed E-state index contributed by atoms with van der Waals surface area (Å²) in [6, 6.07) is 13.7. The lowest BCUT2D eigenvalue weighted by molar-refractivity contribution is 0.0767. The van der Waals surface area contributed by atoms with Gasteiger partial charge in [-0.25, -0.2) is 14.4 Å². The van der Waals surface area contributed by atoms with Crippen LogP contribution in [0.2, 0.25) is 5.02 Å². The average Bonchev–Trinajstić information content (AvgIpc) is 3.02. The molecular formula is C25H26ClFN4O. The van der Waals surface area contributed by atoms with Crippen LogP contribution in [0.15, 0.2) is 48.5 Å². The fourth-order valence-electron chi connectivity index (χ4n) is 4.14. The molecule has 0 unspecified atom stereocenters. The lowest BCUT2D eigenvalue weighted by Gasteiger charge is -2.26. The van der Waals surface area contributed by atoms with Crippen LogP contribution in [0, 0.1) is 19.7 Å². The molecule has 4 rings (SSSR count). The molecule has 1 fully saturated rings. The second kappa shape index (κ2) is 9.65. The topological polar surface area (TPSA) is 49.3 Å². The Hall–Kier alpha value is -2.99. The molecule has 166 valence electrons. The number of carbonyl (C=O) groups excluding carboxylic acids is 1. The summed E-state index contributed by atoms with van der Waals surface area (Å²) in [7, 11) is 0. The highest BCUT2D eigenvalue weighted by Gasteiger charge is 2.23. The van der Waals surface area contributed by atoms with Crippen molar-refractivity contribution in [3.63, 3.8) is 0 Å². The highest BCUT2D eigenvalue weighted by atomic mass is 35.5. The first-order valence-corrected chi connectivity index (χ1v) is 11.2. The van der Waals surface area contributed by atoms with Gasteiger partial charge in [0.15, 0.2) is 0 Å². The SMILES string of the molecule is Cc1nc(C)c(Cc2cccc(F)c2)c(N2CCCN(C(=O)c3ccc(Cl)cc3)CC2)n1. The van der Waals surface area contributed by atoms with Crippen LogP contribution in [0.5, 0.6) is 0 Å². The minimum atomic E-state index is -0.249. The minimum absolute atomic E-state index is 0.0125. The van der Waals surface area contributed by atoms with Crippen molar-refractivity contribution in [2.24, 2.45) is 0 Å². The number of amides is 1. The Bertz CT molecular complexity index is 1120. The highest BCUT2D eigenvalue weighted by Crippen LogP contribution is 2.26. The first-order chi connectivity index (χ1) is 15.4. The van der Waals surface area contributed by atoms with E-state index in [1.807, 2.05) is 24.8 Å². The van der Waals surface area contributed by atoms with Crippen molar-refractivity contribution in [2.75, 3.05) is 31.1 Å². The van der Waals surface area contributed by atoms with Crippen molar-refractivity contribution in [3.8, 4) is 0 Å². The van der Waals surface area contributed by atoms with E-state index < -0.39 is 0 Å². The van der Waals surface area contributed by atoms with Crippen molar-refractivity contribution in [1.29, 1.82) is 0 Å². The summed E-state index contributed by atoms with van der Waals surface area (Å²) in [5.41, 5.74) is 3.42. The van der Waals surface area contributed by atoms with Gasteiger partial charge in [-0.15, -0.1) is 0 Å². The van der Waals surface area contributed by atoms with Crippen LogP contribution in [-0.4, -0.2) is 47.0 Å². The summed E-state index contributed by atoms with van der Waals surface area (Å²) >= 11 is 5.96. The summed E-state index contributed by atoms with van der Waals surface area (Å²) < 4.78 is 13.7. The molecule has 1 aromatic heterocycles. The van der Waals surface area contributed by atoms with Gasteiger partial charge >= 0.3 is 0 Å². The number of anilines is 1. The Morgan fingerprint density at radius 2 is 1.81 bits per heavy atom. The molecule has 1 saturated heterocycles. The Balaban J connectivity index is 1.56. The maximum Gasteiger partial charge on any atom is 0.253 e. The zero-order valence-electron chi connectivity index (χ0n) is 18.3. The lowest BCUT2D eigenvalue weighted by atomic mass is 10.0. The van der Waals surface area contributed by atoms with E-state index in [1.165, 1.54) is 6.07 Å². The van der Waals surface area contributed by atoms with E-state index in [4.69, 9.17) is 16.6 Å². The van der Waals surface area contributed by atoms with Gasteiger partial charge in [-0.05, 0) is 62.2 Å². The number of hydrogen-bond donors (Lipinski definition) is 0. The van der Waals surface area contributed by atoms with Gasteiger partial charge in [-0.2, -0.15) is 0 Å². The molecule has 7 heteroatoms. The Morgan fingerprint density at radius 1 is 1.03 bits per heavy atom. The summed E-state index contributed by atoms with van der Waals surface area (Å²) in [5, 5.41) is 0.615. The van der Waals surface area contributed by atoms with E-state index in [9.17, 15) is 9.18 Å². The molecule has 0 N–H and O–H groups in total. The van der Waals surface area contributed by atoms with Gasteiger partial charge in [0.05, 0.1) is 0 Å². The molecule has 0 atom stereocenters. The van der Waals surface area contributed by atoms with Crippen LogP contribution < -0.4 is 4.90 Å². The third kappa shape index (κ3) is 5.07. The Morgan fingerprint density at radius 3 is 2.56 bits per heavy atom. The number of benzene rings is 2. The predicted octanol–water partition coefficient (Wildman–Crippen LogP) is 4.83. The number of halogens is 2. The summed E-state index contributed by atoms with van der Waals surface area (Å²) in [6.45, 7) is 6.60. The summed E-state index contributed by atoms with van der Waals surface area (Å²) in [6.07, 6.45) is 1.39. The molecule has 32 heavy (non-hydrogen) atoms. The van der Waals surface area contributed by atoms with Crippen LogP contribution in [0.4, 0.5) is 10.2 Å². The largest absolute Gasteiger partial charge is 0.354 e. The number of carbonyl (C=O) groups is 1. The van der Waals surface area contributed by atoms with E-state index in [1.54, 1.807) is 36.4 Å². The predicted molar refractivity (Wildman–Crippen MR) is 125 cm³/mol. The first-order valence-electron chi connectivity index (χ1n) is 10.8. The fraction of sp³-hybridized carbons (Fsp3) is 0.320. The van der Waals surface area contributed by atoms with E-state index >= 15 is 0 Å². The monoisotopic (exact) mass is 452 g/mol. The number of aromatic nitrogens is 2. The molecule has 1 aliphatic heterocycles. The molecule has 0 spiro atoms. The average molecular weight is 453 g/mol. The van der Waals surface area contributed by atoms with E-state index in [0.717, 1.165) is 35.6 Å². The van der Waals surface area contributed by atoms with Gasteiger partial charge in [0, 0.05) is 54.4 Å². The summed E-state index contributed by atoms with van der Waals surface area (Å²) in [5.74, 6) is 1.35. The maximum absolute atomic E-state index is 13.7. The zero-order chi connectivity index (χ0) is 22.7. The van der Waals surface area contributed by atoms with Crippen molar-refractivity contribution in [2.45, 2.75) is 26.7 Å². The minimum Gasteiger partial charge on any atom is -0.354 e. The van der Waals surface area contributed by atoms with Gasteiger partial charge in [0.25, 0.3) is 5.91 Å². The zero-order valence-corrected chi connectivity index (χ0v) is 19.1. The molecule has 2 aromatic carbocycles. The molecule has 3 aromatic rings. The molecule has 2 heterocycles. The van der Waals surface area contributed by atoms with Gasteiger partial charge in [-0.1, -0.05) is 23.7 Å². The van der Waals surface area contributed by atoms with Gasteiger partial charge < -0.3 is 9.80 Å². The van der Waals surface area contributed by atoms with Crippen molar-refractivity contribution in [3.05, 3.63) is 87.6 Å². The van der Waals surface area contributed by atoms with Gasteiger partial charge in [0.1, 0.15) is 17.5 Å². The highest BCUT2D eigenvalue weighted by molar-refractivity contribution is 6.30. The molecule has 5 nitrogen and oxygen atoms in total. The van der Waals surface area contributed by atoms with Crippen LogP contribution in [-0.2, 0) is 6.42 Å². The quantitative estimate of drug-likeness (QED) is 0.569. The molecule has 0 aliphatic carbocycles. The van der Waals surface area contributed by atoms with Crippen LogP contribution in [0.25, 0.3) is 0 Å². The van der Waals surface area contributed by atoms with Crippen molar-refractivity contribution >= 4 is 23.3 Å². The Kier molecular flexibility index (Phi) is 6.70. The second-order valence-electron chi connectivity index (χ2n) is 8.10. The van der Waals surface area contributed by atoms with Crippen molar-refractivity contribution in [1.82, 2.24) is 14.9 Å². The molecule has 0 saturated carbocycles.